The molecule has 11 rings (SSSR count). The summed E-state index contributed by atoms with van der Waals surface area (Å²) in [5.74, 6) is 1.83. The molecule has 2 aromatic heterocycles. The van der Waals surface area contributed by atoms with Gasteiger partial charge in [0.05, 0.1) is 11.2 Å². The van der Waals surface area contributed by atoms with E-state index in [1.54, 1.807) is 0 Å². The zero-order valence-corrected chi connectivity index (χ0v) is 33.1. The highest BCUT2D eigenvalue weighted by atomic mass is 15.3. The third-order valence-corrected chi connectivity index (χ3v) is 11.3. The van der Waals surface area contributed by atoms with Crippen molar-refractivity contribution in [3.05, 3.63) is 224 Å². The normalized spacial score (nSPS) is 11.3. The highest BCUT2D eigenvalue weighted by Gasteiger charge is 2.22. The molecule has 0 amide bonds. The Kier molecular flexibility index (Phi) is 9.10. The lowest BCUT2D eigenvalue weighted by molar-refractivity contribution is 0.918. The van der Waals surface area contributed by atoms with E-state index in [2.05, 4.69) is 211 Å². The zero-order chi connectivity index (χ0) is 40.5. The molecule has 5 heteroatoms. The van der Waals surface area contributed by atoms with E-state index < -0.39 is 0 Å². The van der Waals surface area contributed by atoms with Crippen molar-refractivity contribution in [3.8, 4) is 84.5 Å². The molecule has 0 N–H and O–H groups in total. The lowest BCUT2D eigenvalue weighted by Crippen LogP contribution is -2.00. The van der Waals surface area contributed by atoms with Crippen LogP contribution in [0.15, 0.2) is 224 Å². The largest absolute Gasteiger partial charge is 0.232 e. The van der Waals surface area contributed by atoms with Crippen LogP contribution >= 0.6 is 0 Å². The SMILES string of the molecule is c1ccc(-c2ccc(-c3nc(-c4ccc(-c5ccccc5)cc4)nc(-c4ccc(-c5nn(-c6ccccc6)c6c5c(-c5ccccc5)cc5ccccc56)cc4)n3)cc2)cc1. The second-order valence-electron chi connectivity index (χ2n) is 15.1. The third-order valence-electron chi connectivity index (χ3n) is 11.3. The summed E-state index contributed by atoms with van der Waals surface area (Å²) < 4.78 is 2.10. The van der Waals surface area contributed by atoms with E-state index in [0.29, 0.717) is 17.5 Å². The molecule has 0 radical (unpaired) electrons. The Balaban J connectivity index is 1.05. The molecule has 0 atom stereocenters. The van der Waals surface area contributed by atoms with Crippen molar-refractivity contribution in [3.63, 3.8) is 0 Å². The average molecular weight is 780 g/mol. The first kappa shape index (κ1) is 35.8. The van der Waals surface area contributed by atoms with Gasteiger partial charge >= 0.3 is 0 Å². The molecule has 0 saturated heterocycles. The van der Waals surface area contributed by atoms with Gasteiger partial charge < -0.3 is 0 Å². The van der Waals surface area contributed by atoms with Gasteiger partial charge in [-0.2, -0.15) is 5.10 Å². The van der Waals surface area contributed by atoms with E-state index in [-0.39, 0.29) is 0 Å². The van der Waals surface area contributed by atoms with Crippen LogP contribution in [-0.4, -0.2) is 24.7 Å². The Hall–Kier alpha value is -8.28. The number of fused-ring (bicyclic) bond motifs is 3. The standard InChI is InChI=1S/C56H37N5/c1-5-15-38(16-6-1)40-25-31-44(32-26-40)54-57-55(45-33-27-41(28-34-45)39-17-7-2-8-18-39)59-56(58-54)46-35-29-43(30-36-46)52-51-50(42-19-9-3-10-20-42)37-47-21-13-14-24-49(47)53(51)61(60-52)48-22-11-4-12-23-48/h1-37H. The first-order chi connectivity index (χ1) is 30.2. The van der Waals surface area contributed by atoms with Gasteiger partial charge in [0.25, 0.3) is 0 Å². The number of benzene rings is 9. The second-order valence-corrected chi connectivity index (χ2v) is 15.1. The quantitative estimate of drug-likeness (QED) is 0.154. The lowest BCUT2D eigenvalue weighted by Gasteiger charge is -2.11. The molecule has 0 saturated carbocycles. The minimum Gasteiger partial charge on any atom is -0.232 e. The van der Waals surface area contributed by atoms with Gasteiger partial charge in [0.1, 0.15) is 5.69 Å². The number of nitrogens with zero attached hydrogens (tertiary/aromatic N) is 5. The summed E-state index contributed by atoms with van der Waals surface area (Å²) in [6.45, 7) is 0. The third kappa shape index (κ3) is 6.84. The lowest BCUT2D eigenvalue weighted by atomic mass is 9.93. The molecule has 0 aliphatic rings. The smallest absolute Gasteiger partial charge is 0.164 e. The number of rotatable bonds is 8. The second kappa shape index (κ2) is 15.5. The maximum atomic E-state index is 5.41. The van der Waals surface area contributed by atoms with Crippen molar-refractivity contribution in [1.82, 2.24) is 24.7 Å². The van der Waals surface area contributed by atoms with Gasteiger partial charge in [0, 0.05) is 33.0 Å². The Morgan fingerprint density at radius 3 is 1.18 bits per heavy atom. The molecule has 0 bridgehead atoms. The fourth-order valence-electron chi connectivity index (χ4n) is 8.22. The maximum absolute atomic E-state index is 5.41. The Bertz CT molecular complexity index is 3190. The fraction of sp³-hybridized carbons (Fsp3) is 0. The van der Waals surface area contributed by atoms with Gasteiger partial charge in [0.15, 0.2) is 17.5 Å². The molecule has 0 fully saturated rings. The van der Waals surface area contributed by atoms with Gasteiger partial charge in [-0.3, -0.25) is 0 Å². The van der Waals surface area contributed by atoms with E-state index in [4.69, 9.17) is 20.1 Å². The molecule has 0 aliphatic heterocycles. The molecule has 5 nitrogen and oxygen atoms in total. The van der Waals surface area contributed by atoms with Crippen LogP contribution in [0.4, 0.5) is 0 Å². The first-order valence-electron chi connectivity index (χ1n) is 20.5. The molecule has 2 heterocycles. The van der Waals surface area contributed by atoms with Crippen molar-refractivity contribution < 1.29 is 0 Å². The minimum absolute atomic E-state index is 0.599. The zero-order valence-electron chi connectivity index (χ0n) is 33.1. The van der Waals surface area contributed by atoms with E-state index in [1.165, 1.54) is 5.39 Å². The van der Waals surface area contributed by atoms with Crippen LogP contribution < -0.4 is 0 Å². The topological polar surface area (TPSA) is 56.5 Å². The number of aromatic nitrogens is 5. The van der Waals surface area contributed by atoms with Crippen LogP contribution in [-0.2, 0) is 0 Å². The summed E-state index contributed by atoms with van der Waals surface area (Å²) >= 11 is 0. The molecular formula is C56H37N5. The summed E-state index contributed by atoms with van der Waals surface area (Å²) in [7, 11) is 0. The van der Waals surface area contributed by atoms with E-state index >= 15 is 0 Å². The number of hydrogen-bond donors (Lipinski definition) is 0. The van der Waals surface area contributed by atoms with Gasteiger partial charge in [-0.25, -0.2) is 19.6 Å². The van der Waals surface area contributed by atoms with Gasteiger partial charge in [-0.05, 0) is 57.0 Å². The van der Waals surface area contributed by atoms with Crippen molar-refractivity contribution in [2.24, 2.45) is 0 Å². The molecule has 61 heavy (non-hydrogen) atoms. The van der Waals surface area contributed by atoms with Crippen molar-refractivity contribution in [1.29, 1.82) is 0 Å². The molecule has 11 aromatic rings. The van der Waals surface area contributed by atoms with E-state index in [0.717, 1.165) is 83.3 Å². The van der Waals surface area contributed by atoms with Crippen LogP contribution in [0.25, 0.3) is 106 Å². The molecule has 0 unspecified atom stereocenters. The van der Waals surface area contributed by atoms with Crippen LogP contribution in [0.5, 0.6) is 0 Å². The summed E-state index contributed by atoms with van der Waals surface area (Å²) in [4.78, 5) is 15.3. The predicted octanol–water partition coefficient (Wildman–Crippen LogP) is 14.0. The Labute approximate surface area is 354 Å². The Morgan fingerprint density at radius 1 is 0.311 bits per heavy atom. The van der Waals surface area contributed by atoms with Gasteiger partial charge in [-0.15, -0.1) is 0 Å². The number of hydrogen-bond acceptors (Lipinski definition) is 4. The van der Waals surface area contributed by atoms with Gasteiger partial charge in [0.2, 0.25) is 0 Å². The first-order valence-corrected chi connectivity index (χ1v) is 20.5. The van der Waals surface area contributed by atoms with Gasteiger partial charge in [-0.1, -0.05) is 206 Å². The minimum atomic E-state index is 0.599. The van der Waals surface area contributed by atoms with Crippen LogP contribution in [0.2, 0.25) is 0 Å². The molecule has 9 aromatic carbocycles. The van der Waals surface area contributed by atoms with Crippen LogP contribution in [0.3, 0.4) is 0 Å². The molecule has 286 valence electrons. The van der Waals surface area contributed by atoms with Crippen molar-refractivity contribution in [2.45, 2.75) is 0 Å². The Morgan fingerprint density at radius 2 is 0.689 bits per heavy atom. The summed E-state index contributed by atoms with van der Waals surface area (Å²) in [5.41, 5.74) is 13.6. The van der Waals surface area contributed by atoms with E-state index in [9.17, 15) is 0 Å². The van der Waals surface area contributed by atoms with Crippen LogP contribution in [0, 0.1) is 0 Å². The molecule has 0 aliphatic carbocycles. The highest BCUT2D eigenvalue weighted by molar-refractivity contribution is 6.17. The summed E-state index contributed by atoms with van der Waals surface area (Å²) in [6.07, 6.45) is 0. The average Bonchev–Trinajstić information content (AvgIpc) is 3.76. The summed E-state index contributed by atoms with van der Waals surface area (Å²) in [5, 5.41) is 8.82. The van der Waals surface area contributed by atoms with Crippen molar-refractivity contribution in [2.75, 3.05) is 0 Å². The fourth-order valence-corrected chi connectivity index (χ4v) is 8.22. The van der Waals surface area contributed by atoms with Crippen molar-refractivity contribution >= 4 is 21.7 Å². The summed E-state index contributed by atoms with van der Waals surface area (Å²) in [6, 6.07) is 78.1. The number of para-hydroxylation sites is 1. The maximum Gasteiger partial charge on any atom is 0.164 e. The van der Waals surface area contributed by atoms with Crippen LogP contribution in [0.1, 0.15) is 0 Å². The monoisotopic (exact) mass is 779 g/mol. The van der Waals surface area contributed by atoms with E-state index in [1.807, 2.05) is 18.2 Å². The predicted molar refractivity (Wildman–Crippen MR) is 250 cm³/mol. The highest BCUT2D eigenvalue weighted by Crippen LogP contribution is 2.42. The molecular weight excluding hydrogens is 743 g/mol. The molecule has 0 spiro atoms.